The summed E-state index contributed by atoms with van der Waals surface area (Å²) in [6.45, 7) is 6.55. The highest BCUT2D eigenvalue weighted by Gasteiger charge is 2.35. The van der Waals surface area contributed by atoms with E-state index in [0.29, 0.717) is 25.3 Å². The van der Waals surface area contributed by atoms with E-state index in [1.54, 1.807) is 26.2 Å². The number of amides is 1. The van der Waals surface area contributed by atoms with E-state index in [2.05, 4.69) is 10.2 Å². The van der Waals surface area contributed by atoms with Crippen LogP contribution in [0.15, 0.2) is 48.5 Å². The molecule has 0 radical (unpaired) electrons. The fourth-order valence-corrected chi connectivity index (χ4v) is 5.14. The summed E-state index contributed by atoms with van der Waals surface area (Å²) >= 11 is 0. The lowest BCUT2D eigenvalue weighted by molar-refractivity contribution is -0.145. The highest BCUT2D eigenvalue weighted by molar-refractivity contribution is 5.98. The highest BCUT2D eigenvalue weighted by atomic mass is 35.5. The molecule has 0 spiro atoms. The zero-order valence-electron chi connectivity index (χ0n) is 22.8. The fourth-order valence-electron chi connectivity index (χ4n) is 5.14. The Labute approximate surface area is 244 Å². The first kappa shape index (κ1) is 32.7. The van der Waals surface area contributed by atoms with Gasteiger partial charge in [0.05, 0.1) is 19.8 Å². The Bertz CT molecular complexity index is 1020. The number of nitrogens with one attached hydrogen (secondary N) is 1. The van der Waals surface area contributed by atoms with Crippen molar-refractivity contribution >= 4 is 42.4 Å². The van der Waals surface area contributed by atoms with Gasteiger partial charge in [-0.05, 0) is 100 Å². The first-order chi connectivity index (χ1) is 18.1. The average Bonchev–Trinajstić information content (AvgIpc) is 2.94. The Kier molecular flexibility index (Phi) is 13.9. The molecule has 39 heavy (non-hydrogen) atoms. The second kappa shape index (κ2) is 16.6. The third kappa shape index (κ3) is 9.28. The molecule has 1 amide bonds. The number of halogens is 2. The molecule has 2 aliphatic heterocycles. The van der Waals surface area contributed by atoms with Gasteiger partial charge in [0.15, 0.2) is 6.61 Å². The summed E-state index contributed by atoms with van der Waals surface area (Å²) in [4.78, 5) is 29.7. The van der Waals surface area contributed by atoms with Crippen molar-refractivity contribution in [3.05, 3.63) is 54.1 Å². The number of carbonyl (C=O) groups excluding carboxylic acids is 2. The van der Waals surface area contributed by atoms with Crippen LogP contribution in [0.4, 0.5) is 5.69 Å². The summed E-state index contributed by atoms with van der Waals surface area (Å²) in [5.41, 5.74) is 1.96. The SMILES string of the molecule is CCOC(=O)COc1ccc(N2CCN(CCC3CCNCC3)[C@@H](Cc3ccc(OC)cc3)C2=O)cc1.Cl.Cl. The van der Waals surface area contributed by atoms with E-state index in [9.17, 15) is 9.59 Å². The first-order valence-corrected chi connectivity index (χ1v) is 13.3. The number of esters is 1. The molecule has 2 aromatic carbocycles. The van der Waals surface area contributed by atoms with Gasteiger partial charge >= 0.3 is 5.97 Å². The average molecular weight is 583 g/mol. The molecule has 1 atom stereocenters. The smallest absolute Gasteiger partial charge is 0.344 e. The molecule has 2 heterocycles. The minimum atomic E-state index is -0.399. The van der Waals surface area contributed by atoms with Crippen LogP contribution < -0.4 is 19.7 Å². The lowest BCUT2D eigenvalue weighted by Gasteiger charge is -2.41. The Morgan fingerprint density at radius 2 is 1.64 bits per heavy atom. The van der Waals surface area contributed by atoms with Gasteiger partial charge in [0.25, 0.3) is 0 Å². The maximum Gasteiger partial charge on any atom is 0.344 e. The second-order valence-electron chi connectivity index (χ2n) is 9.66. The molecule has 10 heteroatoms. The van der Waals surface area contributed by atoms with Gasteiger partial charge in [0.2, 0.25) is 5.91 Å². The van der Waals surface area contributed by atoms with Crippen LogP contribution in [0.5, 0.6) is 11.5 Å². The number of nitrogens with zero attached hydrogens (tertiary/aromatic N) is 2. The van der Waals surface area contributed by atoms with E-state index in [-0.39, 0.29) is 43.4 Å². The summed E-state index contributed by atoms with van der Waals surface area (Å²) in [5.74, 6) is 1.82. The standard InChI is InChI=1S/C29H39N3O5.2ClH/c1-3-36-28(33)21-37-26-10-6-24(7-11-26)32-19-18-31(17-14-22-12-15-30-16-13-22)27(29(32)34)20-23-4-8-25(35-2)9-5-23;;/h4-11,22,27,30H,3,12-21H2,1-2H3;2*1H/t27-;;/m0../s1. The molecule has 2 saturated heterocycles. The maximum absolute atomic E-state index is 13.8. The molecule has 2 fully saturated rings. The molecule has 0 unspecified atom stereocenters. The van der Waals surface area contributed by atoms with Crippen molar-refractivity contribution in [3.8, 4) is 11.5 Å². The molecule has 0 aliphatic carbocycles. The third-order valence-corrected chi connectivity index (χ3v) is 7.28. The summed E-state index contributed by atoms with van der Waals surface area (Å²) in [6, 6.07) is 15.1. The van der Waals surface area contributed by atoms with Gasteiger partial charge in [-0.3, -0.25) is 9.69 Å². The van der Waals surface area contributed by atoms with Gasteiger partial charge in [-0.1, -0.05) is 12.1 Å². The van der Waals surface area contributed by atoms with Crippen molar-refractivity contribution in [1.82, 2.24) is 10.2 Å². The van der Waals surface area contributed by atoms with Gasteiger partial charge in [-0.15, -0.1) is 24.8 Å². The topological polar surface area (TPSA) is 80.3 Å². The predicted molar refractivity (Wildman–Crippen MR) is 158 cm³/mol. The van der Waals surface area contributed by atoms with Crippen LogP contribution in [-0.4, -0.2) is 75.9 Å². The molecular formula is C29H41Cl2N3O5. The third-order valence-electron chi connectivity index (χ3n) is 7.28. The summed E-state index contributed by atoms with van der Waals surface area (Å²) in [5, 5.41) is 3.44. The summed E-state index contributed by atoms with van der Waals surface area (Å²) in [6.07, 6.45) is 4.20. The number of benzene rings is 2. The lowest BCUT2D eigenvalue weighted by atomic mass is 9.93. The van der Waals surface area contributed by atoms with Crippen LogP contribution in [0.2, 0.25) is 0 Å². The molecule has 216 valence electrons. The van der Waals surface area contributed by atoms with Crippen molar-refractivity contribution in [3.63, 3.8) is 0 Å². The molecule has 0 bridgehead atoms. The monoisotopic (exact) mass is 581 g/mol. The molecule has 8 nitrogen and oxygen atoms in total. The van der Waals surface area contributed by atoms with Gasteiger partial charge in [0, 0.05) is 18.8 Å². The Balaban J connectivity index is 0.00000267. The first-order valence-electron chi connectivity index (χ1n) is 13.3. The van der Waals surface area contributed by atoms with E-state index < -0.39 is 5.97 Å². The number of piperidine rings is 1. The van der Waals surface area contributed by atoms with Gasteiger partial charge < -0.3 is 24.4 Å². The highest BCUT2D eigenvalue weighted by Crippen LogP contribution is 2.27. The van der Waals surface area contributed by atoms with Gasteiger partial charge in [-0.2, -0.15) is 0 Å². The fraction of sp³-hybridized carbons (Fsp3) is 0.517. The number of rotatable bonds is 11. The van der Waals surface area contributed by atoms with Crippen LogP contribution in [0.1, 0.15) is 31.7 Å². The van der Waals surface area contributed by atoms with Crippen molar-refractivity contribution in [2.24, 2.45) is 5.92 Å². The molecule has 1 N–H and O–H groups in total. The van der Waals surface area contributed by atoms with E-state index in [1.165, 1.54) is 12.8 Å². The van der Waals surface area contributed by atoms with E-state index in [1.807, 2.05) is 41.3 Å². The summed E-state index contributed by atoms with van der Waals surface area (Å²) < 4.78 is 15.7. The van der Waals surface area contributed by atoms with Crippen LogP contribution in [0, 0.1) is 5.92 Å². The van der Waals surface area contributed by atoms with E-state index >= 15 is 0 Å². The van der Waals surface area contributed by atoms with Gasteiger partial charge in [0.1, 0.15) is 11.5 Å². The van der Waals surface area contributed by atoms with Crippen LogP contribution in [0.25, 0.3) is 0 Å². The molecule has 0 aromatic heterocycles. The van der Waals surface area contributed by atoms with Crippen molar-refractivity contribution in [2.75, 3.05) is 57.9 Å². The second-order valence-corrected chi connectivity index (χ2v) is 9.66. The van der Waals surface area contributed by atoms with Crippen molar-refractivity contribution in [1.29, 1.82) is 0 Å². The minimum Gasteiger partial charge on any atom is -0.497 e. The molecule has 4 rings (SSSR count). The number of ether oxygens (including phenoxy) is 3. The number of hydrogen-bond donors (Lipinski definition) is 1. The summed E-state index contributed by atoms with van der Waals surface area (Å²) in [7, 11) is 1.66. The molecule has 2 aromatic rings. The van der Waals surface area contributed by atoms with Gasteiger partial charge in [-0.25, -0.2) is 4.79 Å². The minimum absolute atomic E-state index is 0. The maximum atomic E-state index is 13.8. The van der Waals surface area contributed by atoms with Crippen molar-refractivity contribution < 1.29 is 23.8 Å². The normalized spacial score (nSPS) is 18.1. The van der Waals surface area contributed by atoms with Crippen molar-refractivity contribution in [2.45, 2.75) is 38.6 Å². The molecular weight excluding hydrogens is 541 g/mol. The molecule has 2 aliphatic rings. The Hall–Kier alpha value is -2.52. The number of piperazine rings is 1. The Morgan fingerprint density at radius 3 is 2.28 bits per heavy atom. The van der Waals surface area contributed by atoms with Crippen LogP contribution in [-0.2, 0) is 20.7 Å². The lowest BCUT2D eigenvalue weighted by Crippen LogP contribution is -2.58. The Morgan fingerprint density at radius 1 is 0.974 bits per heavy atom. The largest absolute Gasteiger partial charge is 0.497 e. The van der Waals surface area contributed by atoms with Crippen LogP contribution >= 0.6 is 24.8 Å². The molecule has 0 saturated carbocycles. The number of carbonyl (C=O) groups is 2. The van der Waals surface area contributed by atoms with E-state index in [0.717, 1.165) is 55.5 Å². The zero-order chi connectivity index (χ0) is 26.0. The van der Waals surface area contributed by atoms with Crippen LogP contribution in [0.3, 0.4) is 0 Å². The predicted octanol–water partition coefficient (Wildman–Crippen LogP) is 4.13. The van der Waals surface area contributed by atoms with E-state index in [4.69, 9.17) is 14.2 Å². The quantitative estimate of drug-likeness (QED) is 0.399. The zero-order valence-corrected chi connectivity index (χ0v) is 24.4. The number of hydrogen-bond acceptors (Lipinski definition) is 7. The number of methoxy groups -OCH3 is 1. The number of anilines is 1.